The first-order valence-corrected chi connectivity index (χ1v) is 5.94. The van der Waals surface area contributed by atoms with Crippen molar-refractivity contribution in [2.24, 2.45) is 5.73 Å². The number of ether oxygens (including phenoxy) is 1. The highest BCUT2D eigenvalue weighted by Gasteiger charge is 2.29. The van der Waals surface area contributed by atoms with Gasteiger partial charge in [0.2, 0.25) is 5.91 Å². The van der Waals surface area contributed by atoms with Crippen molar-refractivity contribution >= 4 is 17.3 Å². The number of benzene rings is 1. The molecule has 19 heavy (non-hydrogen) atoms. The van der Waals surface area contributed by atoms with Crippen molar-refractivity contribution < 1.29 is 14.5 Å². The van der Waals surface area contributed by atoms with Gasteiger partial charge < -0.3 is 15.4 Å². The lowest BCUT2D eigenvalue weighted by Crippen LogP contribution is -2.48. The molecular weight excluding hydrogens is 250 g/mol. The van der Waals surface area contributed by atoms with Gasteiger partial charge in [-0.3, -0.25) is 14.9 Å². The first-order valence-electron chi connectivity index (χ1n) is 5.94. The van der Waals surface area contributed by atoms with Crippen molar-refractivity contribution in [1.82, 2.24) is 0 Å². The maximum Gasteiger partial charge on any atom is 0.273 e. The van der Waals surface area contributed by atoms with Gasteiger partial charge in [0.15, 0.2) is 0 Å². The molecule has 1 aromatic carbocycles. The fraction of sp³-hybridized carbons (Fsp3) is 0.417. The van der Waals surface area contributed by atoms with Gasteiger partial charge >= 0.3 is 0 Å². The molecule has 1 saturated heterocycles. The molecule has 0 spiro atoms. The fourth-order valence-electron chi connectivity index (χ4n) is 2.15. The van der Waals surface area contributed by atoms with Gasteiger partial charge in [-0.05, 0) is 18.9 Å². The standard InChI is InChI=1S/C12H15N3O4/c1-19-11-7-8(15(17)18)4-5-10(11)14-6-2-3-9(13)12(14)16/h4-5,7,9H,2-3,6,13H2,1H3. The normalized spacial score (nSPS) is 19.4. The minimum absolute atomic E-state index is 0.0747. The summed E-state index contributed by atoms with van der Waals surface area (Å²) in [5.74, 6) is 0.120. The summed E-state index contributed by atoms with van der Waals surface area (Å²) in [4.78, 5) is 23.8. The lowest BCUT2D eigenvalue weighted by molar-refractivity contribution is -0.384. The average molecular weight is 265 g/mol. The number of nitrogens with two attached hydrogens (primary N) is 1. The summed E-state index contributed by atoms with van der Waals surface area (Å²) in [5.41, 5.74) is 6.18. The van der Waals surface area contributed by atoms with Crippen molar-refractivity contribution in [3.05, 3.63) is 28.3 Å². The second-order valence-electron chi connectivity index (χ2n) is 4.35. The van der Waals surface area contributed by atoms with E-state index in [1.165, 1.54) is 30.2 Å². The van der Waals surface area contributed by atoms with Crippen LogP contribution in [-0.4, -0.2) is 30.5 Å². The molecule has 0 radical (unpaired) electrons. The molecule has 7 nitrogen and oxygen atoms in total. The van der Waals surface area contributed by atoms with Gasteiger partial charge in [0.1, 0.15) is 5.75 Å². The van der Waals surface area contributed by atoms with Gasteiger partial charge in [-0.25, -0.2) is 0 Å². The Kier molecular flexibility index (Phi) is 3.66. The SMILES string of the molecule is COc1cc([N+](=O)[O-])ccc1N1CCCC(N)C1=O. The third kappa shape index (κ3) is 2.50. The Balaban J connectivity index is 2.38. The highest BCUT2D eigenvalue weighted by Crippen LogP contribution is 2.33. The monoisotopic (exact) mass is 265 g/mol. The van der Waals surface area contributed by atoms with Gasteiger partial charge in [-0.15, -0.1) is 0 Å². The number of amides is 1. The van der Waals surface area contributed by atoms with E-state index < -0.39 is 11.0 Å². The number of non-ortho nitro benzene ring substituents is 1. The molecule has 1 amide bonds. The van der Waals surface area contributed by atoms with Gasteiger partial charge in [-0.1, -0.05) is 0 Å². The van der Waals surface area contributed by atoms with Gasteiger partial charge in [0.05, 0.1) is 29.8 Å². The first kappa shape index (κ1) is 13.3. The zero-order chi connectivity index (χ0) is 14.0. The summed E-state index contributed by atoms with van der Waals surface area (Å²) >= 11 is 0. The number of carbonyl (C=O) groups is 1. The second kappa shape index (κ2) is 5.23. The van der Waals surface area contributed by atoms with Crippen LogP contribution in [0.25, 0.3) is 0 Å². The molecule has 0 aromatic heterocycles. The maximum absolute atomic E-state index is 12.0. The Morgan fingerprint density at radius 2 is 2.26 bits per heavy atom. The summed E-state index contributed by atoms with van der Waals surface area (Å²) in [6, 6.07) is 3.66. The van der Waals surface area contributed by atoms with Crippen molar-refractivity contribution in [2.45, 2.75) is 18.9 Å². The van der Waals surface area contributed by atoms with E-state index >= 15 is 0 Å². The molecule has 0 bridgehead atoms. The minimum Gasteiger partial charge on any atom is -0.494 e. The van der Waals surface area contributed by atoms with E-state index in [9.17, 15) is 14.9 Å². The van der Waals surface area contributed by atoms with Crippen molar-refractivity contribution in [1.29, 1.82) is 0 Å². The summed E-state index contributed by atoms with van der Waals surface area (Å²) in [6.45, 7) is 0.542. The molecule has 1 heterocycles. The summed E-state index contributed by atoms with van der Waals surface area (Å²) in [6.07, 6.45) is 1.46. The first-order chi connectivity index (χ1) is 9.04. The number of nitro benzene ring substituents is 1. The third-order valence-corrected chi connectivity index (χ3v) is 3.14. The van der Waals surface area contributed by atoms with Gasteiger partial charge in [0, 0.05) is 12.6 Å². The smallest absolute Gasteiger partial charge is 0.273 e. The number of hydrogen-bond donors (Lipinski definition) is 1. The van der Waals surface area contributed by atoms with Crippen molar-refractivity contribution in [3.8, 4) is 5.75 Å². The minimum atomic E-state index is -0.520. The van der Waals surface area contributed by atoms with E-state index in [0.29, 0.717) is 24.4 Å². The third-order valence-electron chi connectivity index (χ3n) is 3.14. The van der Waals surface area contributed by atoms with Gasteiger partial charge in [-0.2, -0.15) is 0 Å². The number of anilines is 1. The molecular formula is C12H15N3O4. The number of hydrogen-bond acceptors (Lipinski definition) is 5. The molecule has 7 heteroatoms. The zero-order valence-electron chi connectivity index (χ0n) is 10.5. The maximum atomic E-state index is 12.0. The van der Waals surface area contributed by atoms with Crippen LogP contribution in [0, 0.1) is 10.1 Å². The Morgan fingerprint density at radius 1 is 1.53 bits per heavy atom. The van der Waals surface area contributed by atoms with Crippen LogP contribution in [0.15, 0.2) is 18.2 Å². The predicted octanol–water partition coefficient (Wildman–Crippen LogP) is 1.06. The summed E-state index contributed by atoms with van der Waals surface area (Å²) < 4.78 is 5.13. The molecule has 1 atom stereocenters. The quantitative estimate of drug-likeness (QED) is 0.650. The van der Waals surface area contributed by atoms with E-state index in [4.69, 9.17) is 10.5 Å². The van der Waals surface area contributed by atoms with Crippen LogP contribution < -0.4 is 15.4 Å². The second-order valence-corrected chi connectivity index (χ2v) is 4.35. The molecule has 1 aliphatic rings. The van der Waals surface area contributed by atoms with Gasteiger partial charge in [0.25, 0.3) is 5.69 Å². The summed E-state index contributed by atoms with van der Waals surface area (Å²) in [7, 11) is 1.41. The lowest BCUT2D eigenvalue weighted by atomic mass is 10.0. The number of nitrogens with zero attached hydrogens (tertiary/aromatic N) is 2. The van der Waals surface area contributed by atoms with Crippen LogP contribution >= 0.6 is 0 Å². The Morgan fingerprint density at radius 3 is 2.89 bits per heavy atom. The highest BCUT2D eigenvalue weighted by atomic mass is 16.6. The van der Waals surface area contributed by atoms with E-state index in [0.717, 1.165) is 6.42 Å². The number of methoxy groups -OCH3 is 1. The van der Waals surface area contributed by atoms with Crippen LogP contribution in [0.5, 0.6) is 5.75 Å². The van der Waals surface area contributed by atoms with E-state index in [2.05, 4.69) is 0 Å². The van der Waals surface area contributed by atoms with Crippen LogP contribution in [0.1, 0.15) is 12.8 Å². The van der Waals surface area contributed by atoms with Crippen LogP contribution in [0.2, 0.25) is 0 Å². The molecule has 2 rings (SSSR count). The van der Waals surface area contributed by atoms with Crippen LogP contribution in [-0.2, 0) is 4.79 Å². The Bertz CT molecular complexity index is 518. The molecule has 0 aliphatic carbocycles. The molecule has 1 aromatic rings. The van der Waals surface area contributed by atoms with Crippen LogP contribution in [0.4, 0.5) is 11.4 Å². The largest absolute Gasteiger partial charge is 0.494 e. The predicted molar refractivity (Wildman–Crippen MR) is 69.2 cm³/mol. The van der Waals surface area contributed by atoms with E-state index in [1.807, 2.05) is 0 Å². The molecule has 102 valence electrons. The fourth-order valence-corrected chi connectivity index (χ4v) is 2.15. The zero-order valence-corrected chi connectivity index (χ0v) is 10.5. The Labute approximate surface area is 110 Å². The summed E-state index contributed by atoms with van der Waals surface area (Å²) in [5, 5.41) is 10.7. The van der Waals surface area contributed by atoms with E-state index in [1.54, 1.807) is 0 Å². The average Bonchev–Trinajstić information content (AvgIpc) is 2.41. The molecule has 1 unspecified atom stereocenters. The number of rotatable bonds is 3. The molecule has 0 saturated carbocycles. The highest BCUT2D eigenvalue weighted by molar-refractivity contribution is 5.99. The Hall–Kier alpha value is -2.15. The molecule has 2 N–H and O–H groups in total. The molecule has 1 aliphatic heterocycles. The number of carbonyl (C=O) groups excluding carboxylic acids is 1. The lowest BCUT2D eigenvalue weighted by Gasteiger charge is -2.31. The molecule has 1 fully saturated rings. The van der Waals surface area contributed by atoms with E-state index in [-0.39, 0.29) is 11.6 Å². The van der Waals surface area contributed by atoms with Crippen molar-refractivity contribution in [3.63, 3.8) is 0 Å². The van der Waals surface area contributed by atoms with Crippen molar-refractivity contribution in [2.75, 3.05) is 18.6 Å². The number of piperidine rings is 1. The van der Waals surface area contributed by atoms with Crippen LogP contribution in [0.3, 0.4) is 0 Å². The number of nitro groups is 1. The topological polar surface area (TPSA) is 98.7 Å².